The van der Waals surface area contributed by atoms with Crippen LogP contribution in [0.25, 0.3) is 10.8 Å². The first-order chi connectivity index (χ1) is 9.83. The average molecular weight is 440 g/mol. The summed E-state index contributed by atoms with van der Waals surface area (Å²) in [6.07, 6.45) is 0. The van der Waals surface area contributed by atoms with Gasteiger partial charge in [-0.3, -0.25) is 13.7 Å². The Bertz CT molecular complexity index is 1110. The molecule has 0 aliphatic carbocycles. The van der Waals surface area contributed by atoms with E-state index in [9.17, 15) is 29.8 Å². The third-order valence-electron chi connectivity index (χ3n) is 2.72. The Morgan fingerprint density at radius 1 is 0.680 bits per heavy atom. The molecule has 0 amide bonds. The molecule has 0 saturated heterocycles. The van der Waals surface area contributed by atoms with Crippen LogP contribution in [0.4, 0.5) is 0 Å². The van der Waals surface area contributed by atoms with Gasteiger partial charge < -0.3 is 4.28 Å². The zero-order valence-electron chi connectivity index (χ0n) is 16.4. The molecule has 0 aliphatic heterocycles. The molecule has 0 bridgehead atoms. The maximum atomic E-state index is 11.5. The van der Waals surface area contributed by atoms with E-state index < -0.39 is 45.0 Å². The van der Waals surface area contributed by atoms with Crippen LogP contribution in [0, 0.1) is 0 Å². The molecule has 0 aliphatic rings. The average Bonchev–Trinajstić information content (AvgIpc) is 2.33. The van der Waals surface area contributed by atoms with Crippen LogP contribution in [0.2, 0.25) is 0 Å². The molecule has 0 heterocycles. The molecule has 0 radical (unpaired) electrons. The van der Waals surface area contributed by atoms with Gasteiger partial charge in [-0.25, -0.2) is 0 Å². The van der Waals surface area contributed by atoms with Gasteiger partial charge in [0, 0.05) is 5.39 Å². The molecule has 0 atom stereocenters. The second-order valence-corrected chi connectivity index (χ2v) is 8.29. The minimum Gasteiger partial charge on any atom is -1.00 e. The van der Waals surface area contributed by atoms with Crippen LogP contribution < -0.4 is 88.7 Å². The fourth-order valence-corrected chi connectivity index (χ4v) is 5.37. The van der Waals surface area contributed by atoms with E-state index in [1.54, 1.807) is 0 Å². The van der Waals surface area contributed by atoms with E-state index in [0.717, 1.165) is 6.07 Å². The summed E-state index contributed by atoms with van der Waals surface area (Å²) in [4.78, 5) is -4.31. The van der Waals surface area contributed by atoms with Gasteiger partial charge in [0.25, 0.3) is 30.4 Å². The van der Waals surface area contributed by atoms with Crippen molar-refractivity contribution in [1.82, 2.24) is 0 Å². The van der Waals surface area contributed by atoms with Crippen molar-refractivity contribution in [3.05, 3.63) is 30.3 Å². The SMILES string of the molecule is O=S(=O)(O)c1cc2ccccc2c(S(=O)(=O)O)c1S(=O)(=O)O.[H-].[H-].[H-].[Na+].[Na+].[Na+]. The molecular formula is C10H11Na3O9S3. The zero-order valence-corrected chi connectivity index (χ0v) is 21.9. The molecule has 9 nitrogen and oxygen atoms in total. The molecule has 0 fully saturated rings. The first-order valence-corrected chi connectivity index (χ1v) is 9.63. The standard InChI is InChI=1S/C10H8O9S3.3Na.3H/c11-20(12,13)8-5-6-3-1-2-4-7(6)9(21(14,15)16)10(8)22(17,18)19;;;;;;/h1-5H,(H,11,12,13)(H,14,15,16)(H,17,18,19);;;;;;/q;3*+1;3*-1. The second-order valence-electron chi connectivity index (χ2n) is 4.18. The summed E-state index contributed by atoms with van der Waals surface area (Å²) in [5.74, 6) is 0. The number of fused-ring (bicyclic) bond motifs is 1. The van der Waals surface area contributed by atoms with Crippen molar-refractivity contribution < 1.29 is 132 Å². The molecule has 0 saturated carbocycles. The molecule has 0 unspecified atom stereocenters. The van der Waals surface area contributed by atoms with Crippen molar-refractivity contribution in [2.75, 3.05) is 0 Å². The van der Waals surface area contributed by atoms with Crippen LogP contribution in [0.5, 0.6) is 0 Å². The Morgan fingerprint density at radius 2 is 1.12 bits per heavy atom. The number of hydrogen-bond donors (Lipinski definition) is 3. The molecule has 2 aromatic rings. The van der Waals surface area contributed by atoms with Gasteiger partial charge in [0.05, 0.1) is 0 Å². The third-order valence-corrected chi connectivity index (χ3v) is 5.73. The summed E-state index contributed by atoms with van der Waals surface area (Å²) in [7, 11) is -15.8. The Labute approximate surface area is 215 Å². The summed E-state index contributed by atoms with van der Waals surface area (Å²) < 4.78 is 96.0. The van der Waals surface area contributed by atoms with Crippen molar-refractivity contribution in [3.8, 4) is 0 Å². The van der Waals surface area contributed by atoms with E-state index in [2.05, 4.69) is 0 Å². The fourth-order valence-electron chi connectivity index (χ4n) is 1.96. The van der Waals surface area contributed by atoms with E-state index in [-0.39, 0.29) is 104 Å². The van der Waals surface area contributed by atoms with E-state index in [4.69, 9.17) is 9.11 Å². The first kappa shape index (κ1) is 28.6. The Balaban J connectivity index is -0.000000294. The van der Waals surface area contributed by atoms with E-state index in [0.29, 0.717) is 6.07 Å². The predicted octanol–water partition coefficient (Wildman–Crippen LogP) is -8.07. The molecule has 15 heteroatoms. The van der Waals surface area contributed by atoms with Gasteiger partial charge in [-0.05, 0) is 11.5 Å². The first-order valence-electron chi connectivity index (χ1n) is 5.31. The summed E-state index contributed by atoms with van der Waals surface area (Å²) >= 11 is 0. The Morgan fingerprint density at radius 3 is 1.52 bits per heavy atom. The summed E-state index contributed by atoms with van der Waals surface area (Å²) in [5.41, 5.74) is 0. The predicted molar refractivity (Wildman–Crippen MR) is 76.7 cm³/mol. The molecule has 25 heavy (non-hydrogen) atoms. The maximum absolute atomic E-state index is 11.5. The number of rotatable bonds is 3. The molecule has 2 rings (SSSR count). The van der Waals surface area contributed by atoms with Crippen molar-refractivity contribution in [1.29, 1.82) is 0 Å². The minimum atomic E-state index is -5.40. The minimum absolute atomic E-state index is 0. The molecule has 0 spiro atoms. The van der Waals surface area contributed by atoms with Gasteiger partial charge in [-0.15, -0.1) is 0 Å². The fraction of sp³-hybridized carbons (Fsp3) is 0. The van der Waals surface area contributed by atoms with Crippen LogP contribution in [0.3, 0.4) is 0 Å². The smallest absolute Gasteiger partial charge is 1.00 e. The van der Waals surface area contributed by atoms with Gasteiger partial charge in [0.15, 0.2) is 0 Å². The normalized spacial score (nSPS) is 11.8. The van der Waals surface area contributed by atoms with Crippen LogP contribution in [0.1, 0.15) is 4.28 Å². The monoisotopic (exact) mass is 440 g/mol. The number of benzene rings is 2. The quantitative estimate of drug-likeness (QED) is 0.311. The molecular weight excluding hydrogens is 429 g/mol. The zero-order chi connectivity index (χ0) is 16.9. The molecule has 2 aromatic carbocycles. The van der Waals surface area contributed by atoms with Crippen molar-refractivity contribution in [3.63, 3.8) is 0 Å². The summed E-state index contributed by atoms with van der Waals surface area (Å²) in [5, 5.41) is -0.430. The van der Waals surface area contributed by atoms with Gasteiger partial charge in [0.2, 0.25) is 0 Å². The van der Waals surface area contributed by atoms with E-state index in [1.807, 2.05) is 0 Å². The van der Waals surface area contributed by atoms with E-state index in [1.165, 1.54) is 18.2 Å². The molecule has 3 N–H and O–H groups in total. The molecule has 126 valence electrons. The second kappa shape index (κ2) is 9.76. The van der Waals surface area contributed by atoms with Crippen LogP contribution in [-0.2, 0) is 30.4 Å². The largest absolute Gasteiger partial charge is 1.00 e. The van der Waals surface area contributed by atoms with Gasteiger partial charge in [-0.2, -0.15) is 25.3 Å². The van der Waals surface area contributed by atoms with Crippen molar-refractivity contribution >= 4 is 41.1 Å². The topological polar surface area (TPSA) is 163 Å². The van der Waals surface area contributed by atoms with Gasteiger partial charge in [-0.1, -0.05) is 24.3 Å². The Kier molecular flexibility index (Phi) is 11.2. The van der Waals surface area contributed by atoms with Crippen LogP contribution >= 0.6 is 0 Å². The van der Waals surface area contributed by atoms with E-state index >= 15 is 0 Å². The third kappa shape index (κ3) is 6.48. The number of hydrogen-bond acceptors (Lipinski definition) is 6. The summed E-state index contributed by atoms with van der Waals surface area (Å²) in [6.45, 7) is 0. The van der Waals surface area contributed by atoms with Crippen LogP contribution in [0.15, 0.2) is 45.0 Å². The Hall–Kier alpha value is 1.43. The van der Waals surface area contributed by atoms with Gasteiger partial charge in [0.1, 0.15) is 14.7 Å². The van der Waals surface area contributed by atoms with Crippen molar-refractivity contribution in [2.24, 2.45) is 0 Å². The van der Waals surface area contributed by atoms with Crippen molar-refractivity contribution in [2.45, 2.75) is 14.7 Å². The maximum Gasteiger partial charge on any atom is 1.00 e. The van der Waals surface area contributed by atoms with Gasteiger partial charge >= 0.3 is 88.7 Å². The molecule has 0 aromatic heterocycles. The van der Waals surface area contributed by atoms with Crippen LogP contribution in [-0.4, -0.2) is 38.9 Å². The summed E-state index contributed by atoms with van der Waals surface area (Å²) in [6, 6.07) is 5.69.